The van der Waals surface area contributed by atoms with Gasteiger partial charge in [0, 0.05) is 6.42 Å². The Morgan fingerprint density at radius 1 is 1.29 bits per heavy atom. The molecule has 17 heavy (non-hydrogen) atoms. The van der Waals surface area contributed by atoms with E-state index in [2.05, 4.69) is 4.52 Å². The lowest BCUT2D eigenvalue weighted by molar-refractivity contribution is -0.137. The molecule has 0 aliphatic rings. The van der Waals surface area contributed by atoms with E-state index in [-0.39, 0.29) is 25.2 Å². The lowest BCUT2D eigenvalue weighted by atomic mass is 10.3. The highest BCUT2D eigenvalue weighted by Gasteiger charge is 2.22. The number of phosphoric acid groups is 1. The SMILES string of the molecule is O=C(O)CCCOP(=O)(O)Oc1ccccc1. The number of hydrogen-bond acceptors (Lipinski definition) is 4. The molecule has 0 aromatic heterocycles. The zero-order chi connectivity index (χ0) is 12.7. The third-order valence-electron chi connectivity index (χ3n) is 1.75. The molecule has 0 saturated heterocycles. The van der Waals surface area contributed by atoms with Crippen LogP contribution in [0.25, 0.3) is 0 Å². The summed E-state index contributed by atoms with van der Waals surface area (Å²) in [6.07, 6.45) is 0.0311. The second kappa shape index (κ2) is 6.39. The quantitative estimate of drug-likeness (QED) is 0.575. The second-order valence-corrected chi connectivity index (χ2v) is 4.58. The first kappa shape index (κ1) is 13.7. The van der Waals surface area contributed by atoms with Crippen LogP contribution in [0.2, 0.25) is 0 Å². The van der Waals surface area contributed by atoms with Gasteiger partial charge >= 0.3 is 13.8 Å². The van der Waals surface area contributed by atoms with Gasteiger partial charge in [-0.15, -0.1) is 0 Å². The number of rotatable bonds is 7. The number of carboxylic acid groups (broad SMARTS) is 1. The third-order valence-corrected chi connectivity index (χ3v) is 2.70. The van der Waals surface area contributed by atoms with Crippen molar-refractivity contribution in [2.45, 2.75) is 12.8 Å². The Balaban J connectivity index is 2.36. The fourth-order valence-electron chi connectivity index (χ4n) is 1.04. The van der Waals surface area contributed by atoms with Crippen molar-refractivity contribution in [3.05, 3.63) is 30.3 Å². The summed E-state index contributed by atoms with van der Waals surface area (Å²) in [5, 5.41) is 8.36. The Bertz CT molecular complexity index is 405. The van der Waals surface area contributed by atoms with Crippen LogP contribution in [-0.4, -0.2) is 22.6 Å². The lowest BCUT2D eigenvalue weighted by Gasteiger charge is -2.12. The monoisotopic (exact) mass is 260 g/mol. The number of carbonyl (C=O) groups is 1. The number of carboxylic acids is 1. The van der Waals surface area contributed by atoms with Crippen LogP contribution in [0.3, 0.4) is 0 Å². The minimum atomic E-state index is -4.17. The lowest BCUT2D eigenvalue weighted by Crippen LogP contribution is -2.02. The highest BCUT2D eigenvalue weighted by atomic mass is 31.2. The van der Waals surface area contributed by atoms with E-state index in [1.807, 2.05) is 0 Å². The van der Waals surface area contributed by atoms with E-state index >= 15 is 0 Å². The Labute approximate surface area is 98.4 Å². The third kappa shape index (κ3) is 6.06. The van der Waals surface area contributed by atoms with Crippen molar-refractivity contribution in [3.63, 3.8) is 0 Å². The zero-order valence-corrected chi connectivity index (χ0v) is 9.88. The van der Waals surface area contributed by atoms with Gasteiger partial charge < -0.3 is 9.63 Å². The molecule has 0 aliphatic heterocycles. The highest BCUT2D eigenvalue weighted by Crippen LogP contribution is 2.43. The van der Waals surface area contributed by atoms with Crippen LogP contribution < -0.4 is 4.52 Å². The summed E-state index contributed by atoms with van der Waals surface area (Å²) in [5.74, 6) is -0.762. The molecule has 2 N–H and O–H groups in total. The van der Waals surface area contributed by atoms with Crippen molar-refractivity contribution < 1.29 is 28.4 Å². The minimum absolute atomic E-state index is 0.120. The number of hydrogen-bond donors (Lipinski definition) is 2. The first-order valence-corrected chi connectivity index (χ1v) is 6.43. The van der Waals surface area contributed by atoms with E-state index in [1.165, 1.54) is 12.1 Å². The van der Waals surface area contributed by atoms with Gasteiger partial charge in [0.25, 0.3) is 0 Å². The maximum Gasteiger partial charge on any atom is 0.527 e. The van der Waals surface area contributed by atoms with Gasteiger partial charge in [-0.1, -0.05) is 18.2 Å². The normalized spacial score (nSPS) is 13.9. The Hall–Kier alpha value is -1.36. The summed E-state index contributed by atoms with van der Waals surface area (Å²) in [4.78, 5) is 19.5. The van der Waals surface area contributed by atoms with Crippen molar-refractivity contribution in [1.29, 1.82) is 0 Å². The molecular formula is C10H13O6P. The van der Waals surface area contributed by atoms with Gasteiger partial charge in [-0.05, 0) is 18.6 Å². The molecule has 0 aliphatic carbocycles. The summed E-state index contributed by atoms with van der Waals surface area (Å²) < 4.78 is 20.8. The molecule has 0 amide bonds. The van der Waals surface area contributed by atoms with E-state index in [4.69, 9.17) is 9.63 Å². The van der Waals surface area contributed by atoms with Crippen molar-refractivity contribution in [2.24, 2.45) is 0 Å². The summed E-state index contributed by atoms with van der Waals surface area (Å²) >= 11 is 0. The number of benzene rings is 1. The van der Waals surface area contributed by atoms with Crippen molar-refractivity contribution in [2.75, 3.05) is 6.61 Å². The van der Waals surface area contributed by atoms with Gasteiger partial charge in [0.15, 0.2) is 0 Å². The van der Waals surface area contributed by atoms with Gasteiger partial charge in [-0.2, -0.15) is 0 Å². The zero-order valence-electron chi connectivity index (χ0n) is 8.98. The maximum atomic E-state index is 11.4. The first-order valence-electron chi connectivity index (χ1n) is 4.93. The van der Waals surface area contributed by atoms with Gasteiger partial charge in [0.1, 0.15) is 5.75 Å². The summed E-state index contributed by atoms with van der Waals surface area (Å²) in [6.45, 7) is -0.146. The molecule has 0 spiro atoms. The van der Waals surface area contributed by atoms with Crippen LogP contribution in [0.15, 0.2) is 30.3 Å². The number of phosphoric ester groups is 1. The predicted octanol–water partition coefficient (Wildman–Crippen LogP) is 2.05. The molecule has 1 aromatic carbocycles. The van der Waals surface area contributed by atoms with E-state index < -0.39 is 13.8 Å². The van der Waals surface area contributed by atoms with E-state index in [0.717, 1.165) is 0 Å². The van der Waals surface area contributed by atoms with E-state index in [0.29, 0.717) is 0 Å². The number of aliphatic carboxylic acids is 1. The topological polar surface area (TPSA) is 93.1 Å². The molecular weight excluding hydrogens is 247 g/mol. The van der Waals surface area contributed by atoms with Crippen LogP contribution in [0.5, 0.6) is 5.75 Å². The van der Waals surface area contributed by atoms with Gasteiger partial charge in [-0.25, -0.2) is 4.57 Å². The van der Waals surface area contributed by atoms with Crippen LogP contribution in [0.1, 0.15) is 12.8 Å². The largest absolute Gasteiger partial charge is 0.527 e. The average Bonchev–Trinajstić information content (AvgIpc) is 2.25. The molecule has 0 fully saturated rings. The van der Waals surface area contributed by atoms with Crippen molar-refractivity contribution >= 4 is 13.8 Å². The summed E-state index contributed by atoms with van der Waals surface area (Å²) in [6, 6.07) is 8.08. The molecule has 1 atom stereocenters. The van der Waals surface area contributed by atoms with Crippen LogP contribution in [0.4, 0.5) is 0 Å². The molecule has 1 aromatic rings. The standard InChI is InChI=1S/C10H13O6P/c11-10(12)7-4-8-15-17(13,14)16-9-5-2-1-3-6-9/h1-3,5-6H,4,7-8H2,(H,11,12)(H,13,14). The Morgan fingerprint density at radius 2 is 1.94 bits per heavy atom. The molecule has 0 radical (unpaired) electrons. The highest BCUT2D eigenvalue weighted by molar-refractivity contribution is 7.47. The van der Waals surface area contributed by atoms with E-state index in [1.54, 1.807) is 18.2 Å². The first-order chi connectivity index (χ1) is 7.99. The smallest absolute Gasteiger partial charge is 0.481 e. The minimum Gasteiger partial charge on any atom is -0.481 e. The Morgan fingerprint density at radius 3 is 2.53 bits per heavy atom. The summed E-state index contributed by atoms with van der Waals surface area (Å²) in [7, 11) is -4.17. The second-order valence-electron chi connectivity index (χ2n) is 3.20. The maximum absolute atomic E-state index is 11.4. The van der Waals surface area contributed by atoms with E-state index in [9.17, 15) is 14.3 Å². The molecule has 0 heterocycles. The predicted molar refractivity (Wildman–Crippen MR) is 59.7 cm³/mol. The summed E-state index contributed by atoms with van der Waals surface area (Å²) in [5.41, 5.74) is 0. The van der Waals surface area contributed by atoms with Gasteiger partial charge in [0.2, 0.25) is 0 Å². The van der Waals surface area contributed by atoms with Gasteiger partial charge in [0.05, 0.1) is 6.61 Å². The molecule has 0 bridgehead atoms. The van der Waals surface area contributed by atoms with Crippen LogP contribution >= 0.6 is 7.82 Å². The Kier molecular flexibility index (Phi) is 5.15. The van der Waals surface area contributed by atoms with Crippen molar-refractivity contribution in [1.82, 2.24) is 0 Å². The molecule has 94 valence electrons. The average molecular weight is 260 g/mol. The van der Waals surface area contributed by atoms with Crippen LogP contribution in [-0.2, 0) is 13.9 Å². The molecule has 6 nitrogen and oxygen atoms in total. The fraction of sp³-hybridized carbons (Fsp3) is 0.300. The van der Waals surface area contributed by atoms with Gasteiger partial charge in [-0.3, -0.25) is 14.2 Å². The fourth-order valence-corrected chi connectivity index (χ4v) is 1.84. The molecule has 0 saturated carbocycles. The molecule has 1 rings (SSSR count). The molecule has 7 heteroatoms. The molecule has 1 unspecified atom stereocenters. The number of para-hydroxylation sites is 1. The van der Waals surface area contributed by atoms with Crippen LogP contribution in [0, 0.1) is 0 Å². The van der Waals surface area contributed by atoms with Crippen molar-refractivity contribution in [3.8, 4) is 5.75 Å².